The summed E-state index contributed by atoms with van der Waals surface area (Å²) in [4.78, 5) is 12.3. The molecule has 0 fully saturated rings. The molecule has 1 aromatic rings. The number of rotatable bonds is 3. The van der Waals surface area contributed by atoms with Crippen LogP contribution < -0.4 is 5.73 Å². The van der Waals surface area contributed by atoms with Gasteiger partial charge < -0.3 is 15.2 Å². The van der Waals surface area contributed by atoms with Gasteiger partial charge >= 0.3 is 5.97 Å². The van der Waals surface area contributed by atoms with E-state index in [1.165, 1.54) is 0 Å². The summed E-state index contributed by atoms with van der Waals surface area (Å²) in [6, 6.07) is 9.63. The molecule has 1 aliphatic heterocycles. The number of allylic oxidation sites excluding steroid dienone is 2. The molecule has 22 heavy (non-hydrogen) atoms. The maximum atomic E-state index is 12.3. The Kier molecular flexibility index (Phi) is 4.52. The average Bonchev–Trinajstić information content (AvgIpc) is 2.47. The van der Waals surface area contributed by atoms with Gasteiger partial charge in [-0.05, 0) is 31.9 Å². The van der Waals surface area contributed by atoms with Crippen LogP contribution in [0.4, 0.5) is 0 Å². The van der Waals surface area contributed by atoms with E-state index < -0.39 is 11.9 Å². The first-order valence-corrected chi connectivity index (χ1v) is 7.02. The molecular formula is C17H18N2O3. The van der Waals surface area contributed by atoms with Gasteiger partial charge in [0.2, 0.25) is 5.88 Å². The van der Waals surface area contributed by atoms with E-state index in [1.54, 1.807) is 13.8 Å². The Bertz CT molecular complexity index is 711. The van der Waals surface area contributed by atoms with Gasteiger partial charge in [-0.15, -0.1) is 0 Å². The van der Waals surface area contributed by atoms with E-state index in [9.17, 15) is 10.1 Å². The van der Waals surface area contributed by atoms with E-state index in [1.807, 2.05) is 31.2 Å². The van der Waals surface area contributed by atoms with Gasteiger partial charge in [-0.1, -0.05) is 24.3 Å². The van der Waals surface area contributed by atoms with Crippen LogP contribution in [0.1, 0.15) is 30.9 Å². The number of aryl methyl sites for hydroxylation is 1. The molecule has 1 aliphatic rings. The van der Waals surface area contributed by atoms with Crippen molar-refractivity contribution in [3.8, 4) is 6.07 Å². The van der Waals surface area contributed by atoms with Crippen LogP contribution in [0.5, 0.6) is 0 Å². The van der Waals surface area contributed by atoms with Crippen molar-refractivity contribution in [3.63, 3.8) is 0 Å². The van der Waals surface area contributed by atoms with Gasteiger partial charge in [-0.2, -0.15) is 5.26 Å². The molecule has 0 amide bonds. The van der Waals surface area contributed by atoms with Gasteiger partial charge in [0.15, 0.2) is 0 Å². The quantitative estimate of drug-likeness (QED) is 0.867. The first-order chi connectivity index (χ1) is 10.5. The van der Waals surface area contributed by atoms with E-state index in [0.29, 0.717) is 11.3 Å². The van der Waals surface area contributed by atoms with Crippen LogP contribution in [-0.2, 0) is 14.3 Å². The van der Waals surface area contributed by atoms with E-state index in [0.717, 1.165) is 11.1 Å². The molecule has 0 spiro atoms. The van der Waals surface area contributed by atoms with Crippen molar-refractivity contribution in [2.75, 3.05) is 6.61 Å². The van der Waals surface area contributed by atoms with Crippen molar-refractivity contribution in [1.29, 1.82) is 5.26 Å². The summed E-state index contributed by atoms with van der Waals surface area (Å²) in [5, 5.41) is 9.46. The fourth-order valence-corrected chi connectivity index (χ4v) is 2.58. The second-order valence-electron chi connectivity index (χ2n) is 4.97. The predicted molar refractivity (Wildman–Crippen MR) is 81.2 cm³/mol. The molecule has 0 saturated heterocycles. The standard InChI is InChI=1S/C17H18N2O3/c1-4-21-17(20)14-11(3)22-16(19)13(9-18)15(14)12-8-6-5-7-10(12)2/h5-8,15H,4,19H2,1-3H3. The lowest BCUT2D eigenvalue weighted by Crippen LogP contribution is -2.26. The number of carbonyl (C=O) groups is 1. The highest BCUT2D eigenvalue weighted by Gasteiger charge is 2.36. The van der Waals surface area contributed by atoms with Gasteiger partial charge in [-0.3, -0.25) is 0 Å². The summed E-state index contributed by atoms with van der Waals surface area (Å²) in [5.74, 6) is -0.669. The summed E-state index contributed by atoms with van der Waals surface area (Å²) in [6.07, 6.45) is 0. The number of esters is 1. The fraction of sp³-hybridized carbons (Fsp3) is 0.294. The summed E-state index contributed by atoms with van der Waals surface area (Å²) < 4.78 is 10.5. The summed E-state index contributed by atoms with van der Waals surface area (Å²) in [7, 11) is 0. The SMILES string of the molecule is CCOC(=O)C1=C(C)OC(N)=C(C#N)C1c1ccccc1C. The molecule has 2 N–H and O–H groups in total. The van der Waals surface area contributed by atoms with Crippen LogP contribution in [0.3, 0.4) is 0 Å². The Morgan fingerprint density at radius 1 is 1.41 bits per heavy atom. The fourth-order valence-electron chi connectivity index (χ4n) is 2.58. The molecule has 1 aromatic carbocycles. The van der Waals surface area contributed by atoms with E-state index >= 15 is 0 Å². The van der Waals surface area contributed by atoms with Crippen LogP contribution in [0.15, 0.2) is 47.1 Å². The Morgan fingerprint density at radius 3 is 2.68 bits per heavy atom. The van der Waals surface area contributed by atoms with Crippen molar-refractivity contribution in [1.82, 2.24) is 0 Å². The molecule has 114 valence electrons. The number of nitrogens with two attached hydrogens (primary N) is 1. The number of nitrogens with zero attached hydrogens (tertiary/aromatic N) is 1. The topological polar surface area (TPSA) is 85.3 Å². The molecular weight excluding hydrogens is 280 g/mol. The van der Waals surface area contributed by atoms with Gasteiger partial charge in [0, 0.05) is 0 Å². The number of benzene rings is 1. The van der Waals surface area contributed by atoms with E-state index in [-0.39, 0.29) is 18.1 Å². The highest BCUT2D eigenvalue weighted by molar-refractivity contribution is 5.92. The number of carbonyl (C=O) groups excluding carboxylic acids is 1. The smallest absolute Gasteiger partial charge is 0.338 e. The minimum atomic E-state index is -0.570. The largest absolute Gasteiger partial charge is 0.463 e. The van der Waals surface area contributed by atoms with Crippen molar-refractivity contribution in [2.24, 2.45) is 5.73 Å². The third-order valence-corrected chi connectivity index (χ3v) is 3.60. The monoisotopic (exact) mass is 298 g/mol. The second-order valence-corrected chi connectivity index (χ2v) is 4.97. The third kappa shape index (κ3) is 2.68. The Hall–Kier alpha value is -2.74. The zero-order valence-electron chi connectivity index (χ0n) is 12.8. The van der Waals surface area contributed by atoms with E-state index in [4.69, 9.17) is 15.2 Å². The molecule has 1 heterocycles. The lowest BCUT2D eigenvalue weighted by molar-refractivity contribution is -0.139. The number of hydrogen-bond acceptors (Lipinski definition) is 5. The zero-order valence-corrected chi connectivity index (χ0v) is 12.8. The van der Waals surface area contributed by atoms with Gasteiger partial charge in [0.1, 0.15) is 17.4 Å². The number of nitriles is 1. The maximum Gasteiger partial charge on any atom is 0.338 e. The maximum absolute atomic E-state index is 12.3. The Morgan fingerprint density at radius 2 is 2.09 bits per heavy atom. The lowest BCUT2D eigenvalue weighted by atomic mass is 9.81. The van der Waals surface area contributed by atoms with Gasteiger partial charge in [-0.25, -0.2) is 4.79 Å². The molecule has 0 aromatic heterocycles. The minimum Gasteiger partial charge on any atom is -0.463 e. The van der Waals surface area contributed by atoms with E-state index in [2.05, 4.69) is 6.07 Å². The van der Waals surface area contributed by atoms with Crippen molar-refractivity contribution in [3.05, 3.63) is 58.2 Å². The molecule has 5 heteroatoms. The molecule has 0 radical (unpaired) electrons. The lowest BCUT2D eigenvalue weighted by Gasteiger charge is -2.27. The molecule has 0 saturated carbocycles. The first-order valence-electron chi connectivity index (χ1n) is 7.02. The van der Waals surface area contributed by atoms with Crippen molar-refractivity contribution in [2.45, 2.75) is 26.7 Å². The summed E-state index contributed by atoms with van der Waals surface area (Å²) in [6.45, 7) is 5.56. The van der Waals surface area contributed by atoms with Crippen molar-refractivity contribution < 1.29 is 14.3 Å². The number of ether oxygens (including phenoxy) is 2. The molecule has 2 rings (SSSR count). The molecule has 0 bridgehead atoms. The minimum absolute atomic E-state index is 0.0290. The van der Waals surface area contributed by atoms with Crippen LogP contribution in [0, 0.1) is 18.3 Å². The predicted octanol–water partition coefficient (Wildman–Crippen LogP) is 2.64. The highest BCUT2D eigenvalue weighted by atomic mass is 16.5. The van der Waals surface area contributed by atoms with Crippen LogP contribution in [-0.4, -0.2) is 12.6 Å². The second kappa shape index (κ2) is 6.35. The summed E-state index contributed by atoms with van der Waals surface area (Å²) in [5.41, 5.74) is 8.19. The highest BCUT2D eigenvalue weighted by Crippen LogP contribution is 2.40. The average molecular weight is 298 g/mol. The van der Waals surface area contributed by atoms with Crippen LogP contribution in [0.25, 0.3) is 0 Å². The Balaban J connectivity index is 2.65. The van der Waals surface area contributed by atoms with Crippen LogP contribution in [0.2, 0.25) is 0 Å². The molecule has 1 unspecified atom stereocenters. The molecule has 0 aliphatic carbocycles. The molecule has 5 nitrogen and oxygen atoms in total. The van der Waals surface area contributed by atoms with Gasteiger partial charge in [0.05, 0.1) is 18.1 Å². The van der Waals surface area contributed by atoms with Gasteiger partial charge in [0.25, 0.3) is 0 Å². The number of hydrogen-bond donors (Lipinski definition) is 1. The zero-order chi connectivity index (χ0) is 16.3. The third-order valence-electron chi connectivity index (χ3n) is 3.60. The normalized spacial score (nSPS) is 17.8. The first kappa shape index (κ1) is 15.6. The van der Waals surface area contributed by atoms with Crippen LogP contribution >= 0.6 is 0 Å². The summed E-state index contributed by atoms with van der Waals surface area (Å²) >= 11 is 0. The van der Waals surface area contributed by atoms with Crippen molar-refractivity contribution >= 4 is 5.97 Å². The molecule has 1 atom stereocenters. The Labute approximate surface area is 129 Å².